The zero-order chi connectivity index (χ0) is 11.1. The maximum absolute atomic E-state index is 11.3. The topological polar surface area (TPSA) is 71.8 Å². The number of aromatic amines is 1. The van der Waals surface area contributed by atoms with Crippen molar-refractivity contribution in [3.8, 4) is 0 Å². The maximum atomic E-state index is 11.3. The van der Waals surface area contributed by atoms with E-state index in [2.05, 4.69) is 9.97 Å². The lowest BCUT2D eigenvalue weighted by atomic mass is 10.1. The number of carbonyl (C=O) groups is 1. The van der Waals surface area contributed by atoms with Gasteiger partial charge in [-0.25, -0.2) is 0 Å². The first-order valence-corrected chi connectivity index (χ1v) is 4.92. The summed E-state index contributed by atoms with van der Waals surface area (Å²) >= 11 is 0. The number of hydrogen-bond donors (Lipinski definition) is 2. The van der Waals surface area contributed by atoms with Gasteiger partial charge in [-0.3, -0.25) is 9.78 Å². The fraction of sp³-hybridized carbons (Fsp3) is 0. The normalized spacial score (nSPS) is 11.0. The number of H-pyrrole nitrogens is 1. The molecule has 2 aromatic heterocycles. The Kier molecular flexibility index (Phi) is 1.71. The second-order valence-corrected chi connectivity index (χ2v) is 3.62. The second kappa shape index (κ2) is 3.06. The van der Waals surface area contributed by atoms with Gasteiger partial charge in [-0.15, -0.1) is 0 Å². The average molecular weight is 211 g/mol. The molecule has 0 bridgehead atoms. The molecule has 3 aromatic rings. The van der Waals surface area contributed by atoms with Gasteiger partial charge in [0.2, 0.25) is 5.91 Å². The molecule has 0 aliphatic rings. The summed E-state index contributed by atoms with van der Waals surface area (Å²) in [6, 6.07) is 9.20. The van der Waals surface area contributed by atoms with Crippen LogP contribution in [0.3, 0.4) is 0 Å². The number of hydrogen-bond acceptors (Lipinski definition) is 2. The van der Waals surface area contributed by atoms with Crippen LogP contribution in [0.1, 0.15) is 10.4 Å². The van der Waals surface area contributed by atoms with Gasteiger partial charge >= 0.3 is 0 Å². The molecular formula is C12H9N3O. The summed E-state index contributed by atoms with van der Waals surface area (Å²) in [5.41, 5.74) is 8.42. The van der Waals surface area contributed by atoms with E-state index in [1.807, 2.05) is 18.2 Å². The van der Waals surface area contributed by atoms with Crippen molar-refractivity contribution in [2.24, 2.45) is 5.73 Å². The van der Waals surface area contributed by atoms with Crippen molar-refractivity contribution in [2.45, 2.75) is 0 Å². The molecule has 0 aliphatic heterocycles. The standard InChI is InChI=1S/C12H9N3O/c13-12(16)7-3-1-4-8-10(7)11-9(15-8)5-2-6-14-11/h1-6,15H,(H2,13,16). The van der Waals surface area contributed by atoms with E-state index in [-0.39, 0.29) is 0 Å². The van der Waals surface area contributed by atoms with Crippen molar-refractivity contribution in [1.29, 1.82) is 0 Å². The van der Waals surface area contributed by atoms with E-state index in [9.17, 15) is 4.79 Å². The molecule has 0 atom stereocenters. The van der Waals surface area contributed by atoms with E-state index in [0.717, 1.165) is 21.9 Å². The quantitative estimate of drug-likeness (QED) is 0.644. The van der Waals surface area contributed by atoms with Crippen LogP contribution in [0.5, 0.6) is 0 Å². The Hall–Kier alpha value is -2.36. The first-order chi connectivity index (χ1) is 7.77. The SMILES string of the molecule is NC(=O)c1cccc2[nH]c3cccnc3c12. The number of carbonyl (C=O) groups excluding carboxylic acids is 1. The predicted octanol–water partition coefficient (Wildman–Crippen LogP) is 1.81. The molecule has 3 rings (SSSR count). The highest BCUT2D eigenvalue weighted by Gasteiger charge is 2.12. The Morgan fingerprint density at radius 3 is 2.81 bits per heavy atom. The molecule has 4 nitrogen and oxygen atoms in total. The predicted molar refractivity (Wildman–Crippen MR) is 62.1 cm³/mol. The van der Waals surface area contributed by atoms with Crippen molar-refractivity contribution in [3.05, 3.63) is 42.1 Å². The molecule has 1 aromatic carbocycles. The molecule has 0 aliphatic carbocycles. The summed E-state index contributed by atoms with van der Waals surface area (Å²) in [6.07, 6.45) is 1.70. The van der Waals surface area contributed by atoms with Crippen molar-refractivity contribution >= 4 is 27.8 Å². The Bertz CT molecular complexity index is 700. The van der Waals surface area contributed by atoms with Gasteiger partial charge in [0.1, 0.15) is 0 Å². The van der Waals surface area contributed by atoms with E-state index >= 15 is 0 Å². The van der Waals surface area contributed by atoms with Crippen LogP contribution in [0.2, 0.25) is 0 Å². The summed E-state index contributed by atoms with van der Waals surface area (Å²) in [6.45, 7) is 0. The van der Waals surface area contributed by atoms with Crippen LogP contribution >= 0.6 is 0 Å². The molecule has 4 heteroatoms. The van der Waals surface area contributed by atoms with E-state index in [4.69, 9.17) is 5.73 Å². The fourth-order valence-corrected chi connectivity index (χ4v) is 1.97. The molecule has 0 fully saturated rings. The van der Waals surface area contributed by atoms with Crippen molar-refractivity contribution < 1.29 is 4.79 Å². The second-order valence-electron chi connectivity index (χ2n) is 3.62. The average Bonchev–Trinajstić information content (AvgIpc) is 2.66. The maximum Gasteiger partial charge on any atom is 0.249 e. The van der Waals surface area contributed by atoms with E-state index in [1.165, 1.54) is 0 Å². The van der Waals surface area contributed by atoms with Gasteiger partial charge in [0, 0.05) is 17.1 Å². The van der Waals surface area contributed by atoms with Crippen LogP contribution < -0.4 is 5.73 Å². The summed E-state index contributed by atoms with van der Waals surface area (Å²) in [7, 11) is 0. The van der Waals surface area contributed by atoms with E-state index in [0.29, 0.717) is 5.56 Å². The number of nitrogens with two attached hydrogens (primary N) is 1. The monoisotopic (exact) mass is 211 g/mol. The third kappa shape index (κ3) is 1.10. The number of amides is 1. The largest absolute Gasteiger partial charge is 0.366 e. The molecule has 2 heterocycles. The Morgan fingerprint density at radius 2 is 2.00 bits per heavy atom. The highest BCUT2D eigenvalue weighted by Crippen LogP contribution is 2.26. The van der Waals surface area contributed by atoms with Crippen molar-refractivity contribution in [1.82, 2.24) is 9.97 Å². The number of fused-ring (bicyclic) bond motifs is 3. The first-order valence-electron chi connectivity index (χ1n) is 4.92. The summed E-state index contributed by atoms with van der Waals surface area (Å²) < 4.78 is 0. The highest BCUT2D eigenvalue weighted by atomic mass is 16.1. The van der Waals surface area contributed by atoms with Crippen LogP contribution in [0.4, 0.5) is 0 Å². The number of rotatable bonds is 1. The van der Waals surface area contributed by atoms with Gasteiger partial charge < -0.3 is 10.7 Å². The van der Waals surface area contributed by atoms with E-state index < -0.39 is 5.91 Å². The van der Waals surface area contributed by atoms with Gasteiger partial charge in [0.05, 0.1) is 16.6 Å². The lowest BCUT2D eigenvalue weighted by molar-refractivity contribution is 0.100. The Labute approximate surface area is 91.1 Å². The molecule has 16 heavy (non-hydrogen) atoms. The Morgan fingerprint density at radius 1 is 1.19 bits per heavy atom. The number of benzene rings is 1. The zero-order valence-corrected chi connectivity index (χ0v) is 8.40. The molecular weight excluding hydrogens is 202 g/mol. The summed E-state index contributed by atoms with van der Waals surface area (Å²) in [4.78, 5) is 18.8. The number of pyridine rings is 1. The minimum absolute atomic E-state index is 0.433. The lowest BCUT2D eigenvalue weighted by Crippen LogP contribution is -2.11. The van der Waals surface area contributed by atoms with Gasteiger partial charge in [-0.1, -0.05) is 6.07 Å². The zero-order valence-electron chi connectivity index (χ0n) is 8.40. The molecule has 0 saturated carbocycles. The highest BCUT2D eigenvalue weighted by molar-refractivity contribution is 6.15. The van der Waals surface area contributed by atoms with Crippen LogP contribution in [-0.4, -0.2) is 15.9 Å². The van der Waals surface area contributed by atoms with Gasteiger partial charge in [0.15, 0.2) is 0 Å². The number of primary amides is 1. The van der Waals surface area contributed by atoms with Crippen LogP contribution in [0.25, 0.3) is 21.9 Å². The van der Waals surface area contributed by atoms with Gasteiger partial charge in [0.25, 0.3) is 0 Å². The number of nitrogens with one attached hydrogen (secondary N) is 1. The smallest absolute Gasteiger partial charge is 0.249 e. The van der Waals surface area contributed by atoms with Gasteiger partial charge in [-0.2, -0.15) is 0 Å². The number of nitrogens with zero attached hydrogens (tertiary/aromatic N) is 1. The van der Waals surface area contributed by atoms with E-state index in [1.54, 1.807) is 18.3 Å². The summed E-state index contributed by atoms with van der Waals surface area (Å²) in [5.74, 6) is -0.433. The van der Waals surface area contributed by atoms with Crippen LogP contribution in [-0.2, 0) is 0 Å². The molecule has 0 spiro atoms. The molecule has 3 N–H and O–H groups in total. The molecule has 0 radical (unpaired) electrons. The molecule has 0 saturated heterocycles. The Balaban J connectivity index is 2.57. The van der Waals surface area contributed by atoms with Crippen LogP contribution in [0.15, 0.2) is 36.5 Å². The molecule has 1 amide bonds. The van der Waals surface area contributed by atoms with Gasteiger partial charge in [-0.05, 0) is 24.3 Å². The minimum Gasteiger partial charge on any atom is -0.366 e. The molecule has 0 unspecified atom stereocenters. The van der Waals surface area contributed by atoms with Crippen molar-refractivity contribution in [3.63, 3.8) is 0 Å². The minimum atomic E-state index is -0.433. The fourth-order valence-electron chi connectivity index (χ4n) is 1.97. The lowest BCUT2D eigenvalue weighted by Gasteiger charge is -1.97. The third-order valence-electron chi connectivity index (χ3n) is 2.64. The summed E-state index contributed by atoms with van der Waals surface area (Å²) in [5, 5.41) is 0.797. The van der Waals surface area contributed by atoms with Crippen LogP contribution in [0, 0.1) is 0 Å². The van der Waals surface area contributed by atoms with Crippen molar-refractivity contribution in [2.75, 3.05) is 0 Å². The third-order valence-corrected chi connectivity index (χ3v) is 2.64. The first kappa shape index (κ1) is 8.91. The molecule has 78 valence electrons. The number of aromatic nitrogens is 2.